The van der Waals surface area contributed by atoms with Crippen LogP contribution in [0.2, 0.25) is 0 Å². The van der Waals surface area contributed by atoms with Crippen molar-refractivity contribution in [1.82, 2.24) is 15.0 Å². The van der Waals surface area contributed by atoms with E-state index in [0.717, 1.165) is 5.01 Å². The van der Waals surface area contributed by atoms with Gasteiger partial charge >= 0.3 is 5.69 Å². The summed E-state index contributed by atoms with van der Waals surface area (Å²) < 4.78 is 0. The Balaban J connectivity index is 2.30. The van der Waals surface area contributed by atoms with E-state index in [9.17, 15) is 10.1 Å². The van der Waals surface area contributed by atoms with E-state index in [4.69, 9.17) is 0 Å². The summed E-state index contributed by atoms with van der Waals surface area (Å²) in [6.07, 6.45) is 1.68. The van der Waals surface area contributed by atoms with Crippen molar-refractivity contribution in [1.29, 1.82) is 0 Å². The van der Waals surface area contributed by atoms with Crippen LogP contribution < -0.4 is 10.6 Å². The van der Waals surface area contributed by atoms with E-state index < -0.39 is 4.92 Å². The Kier molecular flexibility index (Phi) is 3.85. The van der Waals surface area contributed by atoms with Crippen LogP contribution in [0.1, 0.15) is 10.7 Å². The van der Waals surface area contributed by atoms with Gasteiger partial charge in [0, 0.05) is 18.6 Å². The van der Waals surface area contributed by atoms with E-state index in [1.165, 1.54) is 11.3 Å². The molecule has 2 rings (SSSR count). The van der Waals surface area contributed by atoms with Gasteiger partial charge in [0.15, 0.2) is 0 Å². The molecule has 0 amide bonds. The molecule has 0 atom stereocenters. The van der Waals surface area contributed by atoms with Gasteiger partial charge < -0.3 is 10.6 Å². The maximum atomic E-state index is 11.1. The molecule has 0 aliphatic rings. The number of aromatic nitrogens is 3. The summed E-state index contributed by atoms with van der Waals surface area (Å²) >= 11 is 1.47. The number of nitro groups is 1. The average molecular weight is 280 g/mol. The number of aryl methyl sites for hydroxylation is 1. The first-order valence-electron chi connectivity index (χ1n) is 5.45. The molecule has 0 spiro atoms. The highest BCUT2D eigenvalue weighted by atomic mass is 32.1. The minimum Gasteiger partial charge on any atom is -0.358 e. The molecule has 19 heavy (non-hydrogen) atoms. The largest absolute Gasteiger partial charge is 0.358 e. The molecule has 0 aliphatic carbocycles. The highest BCUT2D eigenvalue weighted by molar-refractivity contribution is 7.09. The Bertz CT molecular complexity index is 586. The van der Waals surface area contributed by atoms with Crippen LogP contribution in [-0.4, -0.2) is 26.9 Å². The van der Waals surface area contributed by atoms with Crippen molar-refractivity contribution < 1.29 is 4.92 Å². The van der Waals surface area contributed by atoms with Crippen LogP contribution in [0, 0.1) is 17.0 Å². The van der Waals surface area contributed by atoms with Crippen LogP contribution in [0.15, 0.2) is 11.6 Å². The fraction of sp³-hybridized carbons (Fsp3) is 0.300. The minimum absolute atomic E-state index is 0.115. The number of hydrogen-bond acceptors (Lipinski definition) is 8. The Labute approximate surface area is 113 Å². The fourth-order valence-corrected chi connectivity index (χ4v) is 2.08. The molecular formula is C10H12N6O2S. The van der Waals surface area contributed by atoms with Crippen LogP contribution >= 0.6 is 11.3 Å². The van der Waals surface area contributed by atoms with Crippen molar-refractivity contribution in [2.45, 2.75) is 13.5 Å². The van der Waals surface area contributed by atoms with E-state index in [1.807, 2.05) is 5.38 Å². The molecule has 0 fully saturated rings. The topological polar surface area (TPSA) is 106 Å². The van der Waals surface area contributed by atoms with Crippen molar-refractivity contribution in [3.05, 3.63) is 32.4 Å². The van der Waals surface area contributed by atoms with Gasteiger partial charge in [0.1, 0.15) is 10.7 Å². The third kappa shape index (κ3) is 2.94. The zero-order valence-electron chi connectivity index (χ0n) is 10.4. The van der Waals surface area contributed by atoms with E-state index >= 15 is 0 Å². The Morgan fingerprint density at radius 1 is 1.47 bits per heavy atom. The highest BCUT2D eigenvalue weighted by Crippen LogP contribution is 2.26. The average Bonchev–Trinajstić information content (AvgIpc) is 2.88. The van der Waals surface area contributed by atoms with Gasteiger partial charge in [0.05, 0.1) is 11.5 Å². The molecule has 2 aromatic heterocycles. The number of nitrogens with one attached hydrogen (secondary N) is 2. The summed E-state index contributed by atoms with van der Waals surface area (Å²) in [5.74, 6) is 0.529. The molecule has 0 saturated heterocycles. The van der Waals surface area contributed by atoms with Crippen LogP contribution in [0.3, 0.4) is 0 Å². The molecule has 0 aliphatic heterocycles. The third-order valence-corrected chi connectivity index (χ3v) is 3.13. The highest BCUT2D eigenvalue weighted by Gasteiger charge is 2.21. The second-order valence-corrected chi connectivity index (χ2v) is 4.60. The maximum absolute atomic E-state index is 11.1. The fourth-order valence-electron chi connectivity index (χ4n) is 1.52. The van der Waals surface area contributed by atoms with Gasteiger partial charge in [0.2, 0.25) is 11.8 Å². The molecule has 0 aromatic carbocycles. The number of nitrogens with zero attached hydrogens (tertiary/aromatic N) is 4. The normalized spacial score (nSPS) is 10.2. The second kappa shape index (κ2) is 5.57. The Morgan fingerprint density at radius 2 is 2.26 bits per heavy atom. The first-order valence-corrected chi connectivity index (χ1v) is 6.32. The van der Waals surface area contributed by atoms with Crippen LogP contribution in [0.25, 0.3) is 0 Å². The van der Waals surface area contributed by atoms with Crippen molar-refractivity contribution >= 4 is 28.8 Å². The molecule has 2 N–H and O–H groups in total. The van der Waals surface area contributed by atoms with Gasteiger partial charge in [-0.15, -0.1) is 11.3 Å². The van der Waals surface area contributed by atoms with Gasteiger partial charge in [0.25, 0.3) is 0 Å². The monoisotopic (exact) mass is 280 g/mol. The van der Waals surface area contributed by atoms with Crippen molar-refractivity contribution in [2.24, 2.45) is 0 Å². The molecule has 0 radical (unpaired) electrons. The quantitative estimate of drug-likeness (QED) is 0.635. The van der Waals surface area contributed by atoms with Gasteiger partial charge in [-0.25, -0.2) is 9.97 Å². The lowest BCUT2D eigenvalue weighted by atomic mass is 10.3. The van der Waals surface area contributed by atoms with Gasteiger partial charge in [-0.1, -0.05) is 0 Å². The first kappa shape index (κ1) is 13.1. The van der Waals surface area contributed by atoms with E-state index in [-0.39, 0.29) is 11.5 Å². The molecule has 8 nitrogen and oxygen atoms in total. The summed E-state index contributed by atoms with van der Waals surface area (Å²) in [6, 6.07) is 0. The zero-order chi connectivity index (χ0) is 13.8. The predicted molar refractivity (Wildman–Crippen MR) is 72.4 cm³/mol. The van der Waals surface area contributed by atoms with Gasteiger partial charge in [-0.05, 0) is 6.92 Å². The summed E-state index contributed by atoms with van der Waals surface area (Å²) in [6.45, 7) is 1.97. The lowest BCUT2D eigenvalue weighted by molar-refractivity contribution is -0.385. The maximum Gasteiger partial charge on any atom is 0.332 e. The first-order chi connectivity index (χ1) is 9.11. The molecule has 0 saturated carbocycles. The molecule has 0 unspecified atom stereocenters. The molecule has 100 valence electrons. The van der Waals surface area contributed by atoms with Gasteiger partial charge in [-0.3, -0.25) is 10.1 Å². The standard InChI is InChI=1S/C10H12N6O2S/c1-6-8(16(17)18)9(15-10(11-2)14-6)13-5-7-12-3-4-19-7/h3-4H,5H2,1-2H3,(H2,11,13,14,15). The zero-order valence-corrected chi connectivity index (χ0v) is 11.2. The molecule has 2 heterocycles. The predicted octanol–water partition coefficient (Wildman–Crippen LogP) is 1.80. The summed E-state index contributed by atoms with van der Waals surface area (Å²) in [4.78, 5) is 22.7. The summed E-state index contributed by atoms with van der Waals surface area (Å²) in [7, 11) is 1.66. The van der Waals surface area contributed by atoms with Crippen LogP contribution in [0.4, 0.5) is 17.5 Å². The molecular weight excluding hydrogens is 268 g/mol. The van der Waals surface area contributed by atoms with Crippen molar-refractivity contribution in [2.75, 3.05) is 17.7 Å². The number of thiazole rings is 1. The van der Waals surface area contributed by atoms with Crippen LogP contribution in [-0.2, 0) is 6.54 Å². The van der Waals surface area contributed by atoms with Crippen LogP contribution in [0.5, 0.6) is 0 Å². The number of hydrogen-bond donors (Lipinski definition) is 2. The summed E-state index contributed by atoms with van der Waals surface area (Å²) in [5, 5.41) is 19.4. The van der Waals surface area contributed by atoms with Crippen molar-refractivity contribution in [3.8, 4) is 0 Å². The molecule has 2 aromatic rings. The van der Waals surface area contributed by atoms with Crippen molar-refractivity contribution in [3.63, 3.8) is 0 Å². The lowest BCUT2D eigenvalue weighted by Crippen LogP contribution is -2.09. The smallest absolute Gasteiger partial charge is 0.332 e. The van der Waals surface area contributed by atoms with E-state index in [2.05, 4.69) is 25.6 Å². The second-order valence-electron chi connectivity index (χ2n) is 3.62. The Hall–Kier alpha value is -2.29. The van der Waals surface area contributed by atoms with E-state index in [1.54, 1.807) is 20.2 Å². The molecule has 9 heteroatoms. The minimum atomic E-state index is -0.487. The van der Waals surface area contributed by atoms with E-state index in [0.29, 0.717) is 18.2 Å². The number of rotatable bonds is 5. The Morgan fingerprint density at radius 3 is 2.84 bits per heavy atom. The lowest BCUT2D eigenvalue weighted by Gasteiger charge is -2.08. The van der Waals surface area contributed by atoms with Gasteiger partial charge in [-0.2, -0.15) is 4.98 Å². The number of anilines is 2. The third-order valence-electron chi connectivity index (χ3n) is 2.36. The SMILES string of the molecule is CNc1nc(C)c([N+](=O)[O-])c(NCc2nccs2)n1. The molecule has 0 bridgehead atoms. The summed E-state index contributed by atoms with van der Waals surface area (Å²) in [5.41, 5.74) is 0.196.